The van der Waals surface area contributed by atoms with Crippen molar-refractivity contribution >= 4 is 0 Å². The first-order valence-electron chi connectivity index (χ1n) is 3.56. The Bertz CT molecular complexity index is 235. The van der Waals surface area contributed by atoms with Crippen molar-refractivity contribution in [2.45, 2.75) is 12.6 Å². The number of hydrogen-bond acceptors (Lipinski definition) is 4. The second kappa shape index (κ2) is 4.06. The van der Waals surface area contributed by atoms with E-state index in [0.29, 0.717) is 6.42 Å². The van der Waals surface area contributed by atoms with Crippen LogP contribution in [-0.2, 0) is 11.3 Å². The summed E-state index contributed by atoms with van der Waals surface area (Å²) in [5.41, 5.74) is 6.21. The van der Waals surface area contributed by atoms with Gasteiger partial charge in [-0.2, -0.15) is 0 Å². The second-order valence-corrected chi connectivity index (χ2v) is 2.51. The highest BCUT2D eigenvalue weighted by Gasteiger charge is 2.02. The normalized spacial score (nSPS) is 12.8. The Balaban J connectivity index is 2.58. The lowest BCUT2D eigenvalue weighted by atomic mass is 10.1. The zero-order valence-corrected chi connectivity index (χ0v) is 6.47. The van der Waals surface area contributed by atoms with Gasteiger partial charge in [0.15, 0.2) is 0 Å². The molecule has 1 unspecified atom stereocenters. The van der Waals surface area contributed by atoms with E-state index in [-0.39, 0.29) is 5.75 Å². The van der Waals surface area contributed by atoms with Gasteiger partial charge in [0, 0.05) is 6.42 Å². The van der Waals surface area contributed by atoms with Gasteiger partial charge in [0.1, 0.15) is 12.0 Å². The van der Waals surface area contributed by atoms with Crippen molar-refractivity contribution in [1.29, 1.82) is 0 Å². The summed E-state index contributed by atoms with van der Waals surface area (Å²) in [6, 6.07) is 6.54. The van der Waals surface area contributed by atoms with Gasteiger partial charge in [-0.25, -0.2) is 4.89 Å². The molecule has 4 N–H and O–H groups in total. The average Bonchev–Trinajstić information content (AvgIpc) is 2.09. The molecule has 4 nitrogen and oxygen atoms in total. The summed E-state index contributed by atoms with van der Waals surface area (Å²) in [6.45, 7) is 0. The predicted molar refractivity (Wildman–Crippen MR) is 43.5 cm³/mol. The largest absolute Gasteiger partial charge is 0.508 e. The molecule has 0 amide bonds. The SMILES string of the molecule is NC(Cc1ccc(O)cc1)OO. The summed E-state index contributed by atoms with van der Waals surface area (Å²) in [7, 11) is 0. The summed E-state index contributed by atoms with van der Waals surface area (Å²) in [5.74, 6) is 0.206. The van der Waals surface area contributed by atoms with Crippen molar-refractivity contribution < 1.29 is 15.3 Å². The Morgan fingerprint density at radius 1 is 1.33 bits per heavy atom. The van der Waals surface area contributed by atoms with Crippen molar-refractivity contribution in [2.24, 2.45) is 5.73 Å². The minimum atomic E-state index is -0.713. The van der Waals surface area contributed by atoms with Gasteiger partial charge in [-0.15, -0.1) is 0 Å². The molecule has 0 radical (unpaired) electrons. The maximum absolute atomic E-state index is 8.94. The Kier molecular flexibility index (Phi) is 3.04. The Morgan fingerprint density at radius 3 is 2.42 bits per heavy atom. The molecular formula is C8H11NO3. The molecule has 1 aromatic rings. The smallest absolute Gasteiger partial charge is 0.145 e. The van der Waals surface area contributed by atoms with E-state index in [9.17, 15) is 0 Å². The monoisotopic (exact) mass is 169 g/mol. The van der Waals surface area contributed by atoms with Crippen molar-refractivity contribution in [1.82, 2.24) is 0 Å². The molecule has 0 bridgehead atoms. The number of phenolic OH excluding ortho intramolecular Hbond substituents is 1. The van der Waals surface area contributed by atoms with Crippen LogP contribution in [0, 0.1) is 0 Å². The standard InChI is InChI=1S/C8H11NO3/c9-8(12-11)5-6-1-3-7(10)4-2-6/h1-4,8,10-11H,5,9H2. The summed E-state index contributed by atoms with van der Waals surface area (Å²) < 4.78 is 0. The molecule has 1 aromatic carbocycles. The third-order valence-electron chi connectivity index (χ3n) is 1.51. The number of benzene rings is 1. The molecular weight excluding hydrogens is 158 g/mol. The zero-order chi connectivity index (χ0) is 8.97. The summed E-state index contributed by atoms with van der Waals surface area (Å²) >= 11 is 0. The summed E-state index contributed by atoms with van der Waals surface area (Å²) in [4.78, 5) is 3.90. The van der Waals surface area contributed by atoms with Crippen LogP contribution in [0.5, 0.6) is 5.75 Å². The highest BCUT2D eigenvalue weighted by Crippen LogP contribution is 2.10. The van der Waals surface area contributed by atoms with Crippen LogP contribution in [0.25, 0.3) is 0 Å². The molecule has 0 fully saturated rings. The van der Waals surface area contributed by atoms with E-state index in [2.05, 4.69) is 4.89 Å². The minimum absolute atomic E-state index is 0.206. The van der Waals surface area contributed by atoms with E-state index in [1.807, 2.05) is 0 Å². The van der Waals surface area contributed by atoms with Gasteiger partial charge in [-0.3, -0.25) is 5.26 Å². The highest BCUT2D eigenvalue weighted by molar-refractivity contribution is 5.26. The lowest BCUT2D eigenvalue weighted by Gasteiger charge is -2.06. The quantitative estimate of drug-likeness (QED) is 0.354. The van der Waals surface area contributed by atoms with Crippen molar-refractivity contribution in [3.05, 3.63) is 29.8 Å². The summed E-state index contributed by atoms with van der Waals surface area (Å²) in [5, 5.41) is 17.1. The van der Waals surface area contributed by atoms with Gasteiger partial charge in [0.05, 0.1) is 0 Å². The highest BCUT2D eigenvalue weighted by atomic mass is 17.1. The van der Waals surface area contributed by atoms with E-state index in [1.165, 1.54) is 0 Å². The molecule has 0 aliphatic carbocycles. The van der Waals surface area contributed by atoms with Crippen LogP contribution in [-0.4, -0.2) is 16.6 Å². The van der Waals surface area contributed by atoms with Crippen molar-refractivity contribution in [3.8, 4) is 5.75 Å². The Hall–Kier alpha value is -1.10. The molecule has 0 aromatic heterocycles. The van der Waals surface area contributed by atoms with Crippen molar-refractivity contribution in [3.63, 3.8) is 0 Å². The molecule has 0 spiro atoms. The van der Waals surface area contributed by atoms with Crippen LogP contribution in [0.15, 0.2) is 24.3 Å². The maximum atomic E-state index is 8.94. The van der Waals surface area contributed by atoms with Crippen LogP contribution >= 0.6 is 0 Å². The van der Waals surface area contributed by atoms with Crippen LogP contribution in [0.1, 0.15) is 5.56 Å². The molecule has 4 heteroatoms. The Morgan fingerprint density at radius 2 is 1.92 bits per heavy atom. The van der Waals surface area contributed by atoms with E-state index in [0.717, 1.165) is 5.56 Å². The zero-order valence-electron chi connectivity index (χ0n) is 6.47. The Labute approximate surface area is 70.1 Å². The molecule has 0 aliphatic heterocycles. The van der Waals surface area contributed by atoms with Crippen molar-refractivity contribution in [2.75, 3.05) is 0 Å². The molecule has 0 heterocycles. The van der Waals surface area contributed by atoms with E-state index in [1.54, 1.807) is 24.3 Å². The first kappa shape index (κ1) is 8.99. The predicted octanol–water partition coefficient (Wildman–Crippen LogP) is 0.709. The molecule has 0 aliphatic rings. The third-order valence-corrected chi connectivity index (χ3v) is 1.51. The molecule has 1 atom stereocenters. The van der Waals surface area contributed by atoms with E-state index in [4.69, 9.17) is 16.1 Å². The fourth-order valence-electron chi connectivity index (χ4n) is 0.902. The van der Waals surface area contributed by atoms with Crippen LogP contribution in [0.3, 0.4) is 0 Å². The topological polar surface area (TPSA) is 75.7 Å². The molecule has 0 saturated carbocycles. The number of hydrogen-bond donors (Lipinski definition) is 3. The van der Waals surface area contributed by atoms with E-state index < -0.39 is 6.23 Å². The lowest BCUT2D eigenvalue weighted by Crippen LogP contribution is -2.24. The molecule has 1 rings (SSSR count). The number of phenols is 1. The van der Waals surface area contributed by atoms with Gasteiger partial charge in [0.2, 0.25) is 0 Å². The second-order valence-electron chi connectivity index (χ2n) is 2.51. The van der Waals surface area contributed by atoms with Gasteiger partial charge < -0.3 is 10.8 Å². The first-order chi connectivity index (χ1) is 5.72. The minimum Gasteiger partial charge on any atom is -0.508 e. The van der Waals surface area contributed by atoms with Gasteiger partial charge >= 0.3 is 0 Å². The summed E-state index contributed by atoms with van der Waals surface area (Å²) in [6.07, 6.45) is -0.300. The molecule has 12 heavy (non-hydrogen) atoms. The first-order valence-corrected chi connectivity index (χ1v) is 3.56. The van der Waals surface area contributed by atoms with Gasteiger partial charge in [-0.05, 0) is 17.7 Å². The fraction of sp³-hybridized carbons (Fsp3) is 0.250. The molecule has 0 saturated heterocycles. The fourth-order valence-corrected chi connectivity index (χ4v) is 0.902. The lowest BCUT2D eigenvalue weighted by molar-refractivity contribution is -0.276. The van der Waals surface area contributed by atoms with Gasteiger partial charge in [-0.1, -0.05) is 12.1 Å². The molecule has 66 valence electrons. The third kappa shape index (κ3) is 2.50. The number of aromatic hydroxyl groups is 1. The van der Waals surface area contributed by atoms with Crippen LogP contribution in [0.4, 0.5) is 0 Å². The number of nitrogens with two attached hydrogens (primary N) is 1. The van der Waals surface area contributed by atoms with Gasteiger partial charge in [0.25, 0.3) is 0 Å². The average molecular weight is 169 g/mol. The van der Waals surface area contributed by atoms with E-state index >= 15 is 0 Å². The number of rotatable bonds is 3. The van der Waals surface area contributed by atoms with Crippen LogP contribution in [0.2, 0.25) is 0 Å². The maximum Gasteiger partial charge on any atom is 0.145 e. The van der Waals surface area contributed by atoms with Crippen LogP contribution < -0.4 is 5.73 Å².